The summed E-state index contributed by atoms with van der Waals surface area (Å²) >= 11 is 0. The summed E-state index contributed by atoms with van der Waals surface area (Å²) in [5.74, 6) is 0. The summed E-state index contributed by atoms with van der Waals surface area (Å²) in [7, 11) is 0. The molecule has 2 heteroatoms. The van der Waals surface area contributed by atoms with E-state index in [0.717, 1.165) is 12.8 Å². The van der Waals surface area contributed by atoms with Gasteiger partial charge in [0.15, 0.2) is 0 Å². The molecule has 0 atom stereocenters. The minimum Gasteiger partial charge on any atom is -0.312 e. The Morgan fingerprint density at radius 1 is 1.19 bits per heavy atom. The zero-order valence-electron chi connectivity index (χ0n) is 11.1. The molecular weight excluding hydrogens is 198 g/mol. The highest BCUT2D eigenvalue weighted by Gasteiger charge is 2.25. The average Bonchev–Trinajstić information content (AvgIpc) is 3.03. The first-order valence-corrected chi connectivity index (χ1v) is 6.21. The van der Waals surface area contributed by atoms with Crippen molar-refractivity contribution in [3.05, 3.63) is 34.2 Å². The van der Waals surface area contributed by atoms with Crippen LogP contribution in [0.1, 0.15) is 59.1 Å². The van der Waals surface area contributed by atoms with Gasteiger partial charge in [-0.1, -0.05) is 40.7 Å². The highest BCUT2D eigenvalue weighted by Crippen LogP contribution is 2.34. The summed E-state index contributed by atoms with van der Waals surface area (Å²) in [6.45, 7) is 10.5. The van der Waals surface area contributed by atoms with Gasteiger partial charge in [0.05, 0.1) is 0 Å². The number of aromatic nitrogens is 1. The molecule has 2 rings (SSSR count). The third-order valence-electron chi connectivity index (χ3n) is 2.74. The van der Waals surface area contributed by atoms with Crippen LogP contribution in [0, 0.1) is 0 Å². The lowest BCUT2D eigenvalue weighted by molar-refractivity contribution is 0.572. The van der Waals surface area contributed by atoms with Crippen molar-refractivity contribution in [2.75, 3.05) is 0 Å². The molecule has 1 aliphatic rings. The zero-order chi connectivity index (χ0) is 12.3. The van der Waals surface area contributed by atoms with Crippen LogP contribution in [0.5, 0.6) is 0 Å². The molecule has 16 heavy (non-hydrogen) atoms. The molecule has 0 aliphatic heterocycles. The van der Waals surface area contributed by atoms with Crippen molar-refractivity contribution in [3.8, 4) is 0 Å². The predicted molar refractivity (Wildman–Crippen MR) is 69.0 cm³/mol. The Morgan fingerprint density at radius 2 is 1.75 bits per heavy atom. The molecule has 90 valence electrons. The van der Waals surface area contributed by atoms with Crippen LogP contribution >= 0.6 is 0 Å². The normalized spacial score (nSPS) is 15.3. The van der Waals surface area contributed by atoms with E-state index in [1.165, 1.54) is 5.56 Å². The Kier molecular flexibility index (Phi) is 3.95. The van der Waals surface area contributed by atoms with Crippen molar-refractivity contribution in [1.82, 2.24) is 4.57 Å². The van der Waals surface area contributed by atoms with Crippen molar-refractivity contribution >= 4 is 0 Å². The van der Waals surface area contributed by atoms with Gasteiger partial charge in [0.1, 0.15) is 0 Å². The summed E-state index contributed by atoms with van der Waals surface area (Å²) < 4.78 is 1.89. The molecule has 1 heterocycles. The van der Waals surface area contributed by atoms with Crippen LogP contribution in [0.4, 0.5) is 0 Å². The Balaban J connectivity index is 0.000000606. The van der Waals surface area contributed by atoms with E-state index in [0.29, 0.717) is 6.04 Å². The highest BCUT2D eigenvalue weighted by atomic mass is 16.1. The van der Waals surface area contributed by atoms with Gasteiger partial charge in [0, 0.05) is 18.3 Å². The molecule has 0 aromatic carbocycles. The van der Waals surface area contributed by atoms with Crippen LogP contribution in [-0.2, 0) is 5.41 Å². The van der Waals surface area contributed by atoms with E-state index in [-0.39, 0.29) is 11.0 Å². The van der Waals surface area contributed by atoms with Gasteiger partial charge >= 0.3 is 0 Å². The second-order valence-electron chi connectivity index (χ2n) is 5.14. The lowest BCUT2D eigenvalue weighted by Crippen LogP contribution is -2.21. The molecule has 0 radical (unpaired) electrons. The molecule has 1 aliphatic carbocycles. The fourth-order valence-corrected chi connectivity index (χ4v) is 1.59. The SMILES string of the molecule is CC.CC(C)(C)c1ccc(=O)n(C2CC2)c1. The van der Waals surface area contributed by atoms with Gasteiger partial charge in [-0.2, -0.15) is 0 Å². The van der Waals surface area contributed by atoms with Crippen LogP contribution in [0.25, 0.3) is 0 Å². The van der Waals surface area contributed by atoms with Gasteiger partial charge in [0.25, 0.3) is 5.56 Å². The summed E-state index contributed by atoms with van der Waals surface area (Å²) in [6, 6.07) is 4.12. The molecular formula is C14H23NO. The quantitative estimate of drug-likeness (QED) is 0.711. The van der Waals surface area contributed by atoms with E-state index in [4.69, 9.17) is 0 Å². The maximum Gasteiger partial charge on any atom is 0.250 e. The summed E-state index contributed by atoms with van der Waals surface area (Å²) in [4.78, 5) is 11.5. The summed E-state index contributed by atoms with van der Waals surface area (Å²) in [6.07, 6.45) is 4.35. The van der Waals surface area contributed by atoms with E-state index in [2.05, 4.69) is 20.8 Å². The van der Waals surface area contributed by atoms with E-state index in [1.807, 2.05) is 30.7 Å². The fraction of sp³-hybridized carbons (Fsp3) is 0.643. The molecule has 1 fully saturated rings. The molecule has 1 aromatic heterocycles. The van der Waals surface area contributed by atoms with Gasteiger partial charge < -0.3 is 4.57 Å². The lowest BCUT2D eigenvalue weighted by atomic mass is 9.88. The van der Waals surface area contributed by atoms with Gasteiger partial charge in [-0.15, -0.1) is 0 Å². The van der Waals surface area contributed by atoms with Crippen molar-refractivity contribution < 1.29 is 0 Å². The molecule has 1 saturated carbocycles. The molecule has 0 amide bonds. The first kappa shape index (κ1) is 13.0. The van der Waals surface area contributed by atoms with E-state index in [1.54, 1.807) is 6.07 Å². The van der Waals surface area contributed by atoms with Crippen molar-refractivity contribution in [3.63, 3.8) is 0 Å². The van der Waals surface area contributed by atoms with Crippen molar-refractivity contribution in [2.24, 2.45) is 0 Å². The standard InChI is InChI=1S/C12H17NO.C2H6/c1-12(2,3)9-4-7-11(14)13(8-9)10-5-6-10;1-2/h4,7-8,10H,5-6H2,1-3H3;1-2H3. The Morgan fingerprint density at radius 3 is 2.19 bits per heavy atom. The first-order chi connectivity index (χ1) is 7.48. The lowest BCUT2D eigenvalue weighted by Gasteiger charge is -2.20. The summed E-state index contributed by atoms with van der Waals surface area (Å²) in [5.41, 5.74) is 1.51. The van der Waals surface area contributed by atoms with Gasteiger partial charge in [-0.05, 0) is 23.8 Å². The van der Waals surface area contributed by atoms with E-state index < -0.39 is 0 Å². The van der Waals surface area contributed by atoms with Crippen LogP contribution < -0.4 is 5.56 Å². The van der Waals surface area contributed by atoms with Crippen LogP contribution in [0.3, 0.4) is 0 Å². The summed E-state index contributed by atoms with van der Waals surface area (Å²) in [5, 5.41) is 0. The van der Waals surface area contributed by atoms with Crippen LogP contribution in [0.2, 0.25) is 0 Å². The third kappa shape index (κ3) is 2.97. The van der Waals surface area contributed by atoms with Crippen molar-refractivity contribution in [2.45, 2.75) is 58.9 Å². The van der Waals surface area contributed by atoms with Gasteiger partial charge in [-0.3, -0.25) is 4.79 Å². The Bertz CT molecular complexity index is 394. The maximum absolute atomic E-state index is 11.5. The highest BCUT2D eigenvalue weighted by molar-refractivity contribution is 5.19. The van der Waals surface area contributed by atoms with Gasteiger partial charge in [0.2, 0.25) is 0 Å². The van der Waals surface area contributed by atoms with Crippen molar-refractivity contribution in [1.29, 1.82) is 0 Å². The number of nitrogens with zero attached hydrogens (tertiary/aromatic N) is 1. The number of hydrogen-bond donors (Lipinski definition) is 0. The molecule has 2 nitrogen and oxygen atoms in total. The minimum atomic E-state index is 0.129. The smallest absolute Gasteiger partial charge is 0.250 e. The van der Waals surface area contributed by atoms with E-state index >= 15 is 0 Å². The predicted octanol–water partition coefficient (Wildman–Crippen LogP) is 3.51. The van der Waals surface area contributed by atoms with Gasteiger partial charge in [-0.25, -0.2) is 0 Å². The Hall–Kier alpha value is -1.05. The van der Waals surface area contributed by atoms with Crippen LogP contribution in [-0.4, -0.2) is 4.57 Å². The second kappa shape index (κ2) is 4.86. The zero-order valence-corrected chi connectivity index (χ0v) is 11.1. The molecule has 0 N–H and O–H groups in total. The first-order valence-electron chi connectivity index (χ1n) is 6.21. The molecule has 1 aromatic rings. The number of hydrogen-bond acceptors (Lipinski definition) is 1. The molecule has 0 bridgehead atoms. The Labute approximate surface area is 98.3 Å². The minimum absolute atomic E-state index is 0.129. The van der Waals surface area contributed by atoms with Crippen LogP contribution in [0.15, 0.2) is 23.1 Å². The molecule has 0 spiro atoms. The molecule has 0 unspecified atom stereocenters. The third-order valence-corrected chi connectivity index (χ3v) is 2.74. The largest absolute Gasteiger partial charge is 0.312 e. The van der Waals surface area contributed by atoms with E-state index in [9.17, 15) is 4.79 Å². The fourth-order valence-electron chi connectivity index (χ4n) is 1.59. The maximum atomic E-state index is 11.5. The number of rotatable bonds is 1. The number of pyridine rings is 1. The topological polar surface area (TPSA) is 22.0 Å². The average molecular weight is 221 g/mol. The monoisotopic (exact) mass is 221 g/mol. The second-order valence-corrected chi connectivity index (χ2v) is 5.14. The molecule has 0 saturated heterocycles.